The molecule has 0 aromatic heterocycles. The van der Waals surface area contributed by atoms with Crippen LogP contribution < -0.4 is 10.1 Å². The lowest BCUT2D eigenvalue weighted by Crippen LogP contribution is -2.73. The maximum absolute atomic E-state index is 13.3. The molecule has 1 saturated heterocycles. The Morgan fingerprint density at radius 2 is 1.61 bits per heavy atom. The van der Waals surface area contributed by atoms with Crippen LogP contribution in [0.15, 0.2) is 78.9 Å². The topological polar surface area (TPSA) is 95.9 Å². The number of aliphatic carboxylic acids is 1. The highest BCUT2D eigenvalue weighted by molar-refractivity contribution is 6.09. The zero-order chi connectivity index (χ0) is 25.9. The summed E-state index contributed by atoms with van der Waals surface area (Å²) in [5.74, 6) is -0.970. The lowest BCUT2D eigenvalue weighted by Gasteiger charge is -2.51. The van der Waals surface area contributed by atoms with Crippen molar-refractivity contribution >= 4 is 17.9 Å². The molecule has 0 bridgehead atoms. The number of nitrogens with one attached hydrogen (secondary N) is 1. The Bertz CT molecular complexity index is 1240. The van der Waals surface area contributed by atoms with Gasteiger partial charge in [-0.25, -0.2) is 14.5 Å². The SMILES string of the molecule is COc1ccc(CC[C@@]2(C)C(=O)N(C(=O)NC(c3ccccc3)c3ccc(C)cc3)[C@@H]2C(=O)O)cc1. The van der Waals surface area contributed by atoms with Crippen LogP contribution in [0.1, 0.15) is 41.6 Å². The summed E-state index contributed by atoms with van der Waals surface area (Å²) in [5, 5.41) is 12.9. The molecule has 186 valence electrons. The lowest BCUT2D eigenvalue weighted by molar-refractivity contribution is -0.177. The minimum absolute atomic E-state index is 0.305. The molecule has 0 radical (unpaired) electrons. The molecule has 36 heavy (non-hydrogen) atoms. The number of β-lactam (4-membered cyclic amide) rings is 1. The number of imide groups is 1. The maximum Gasteiger partial charge on any atom is 0.328 e. The van der Waals surface area contributed by atoms with Crippen LogP contribution in [0.3, 0.4) is 0 Å². The predicted molar refractivity (Wildman–Crippen MR) is 136 cm³/mol. The summed E-state index contributed by atoms with van der Waals surface area (Å²) in [5.41, 5.74) is 2.52. The van der Waals surface area contributed by atoms with Crippen LogP contribution in [-0.4, -0.2) is 41.1 Å². The van der Waals surface area contributed by atoms with E-state index in [1.807, 2.05) is 85.8 Å². The Balaban J connectivity index is 1.53. The molecule has 7 heteroatoms. The quantitative estimate of drug-likeness (QED) is 0.449. The fourth-order valence-electron chi connectivity index (χ4n) is 4.72. The maximum atomic E-state index is 13.3. The highest BCUT2D eigenvalue weighted by Gasteiger charge is 2.63. The summed E-state index contributed by atoms with van der Waals surface area (Å²) in [6.07, 6.45) is 0.806. The number of carbonyl (C=O) groups is 3. The van der Waals surface area contributed by atoms with E-state index >= 15 is 0 Å². The van der Waals surface area contributed by atoms with Crippen molar-refractivity contribution in [2.24, 2.45) is 5.41 Å². The minimum Gasteiger partial charge on any atom is -0.497 e. The van der Waals surface area contributed by atoms with Crippen LogP contribution in [0.25, 0.3) is 0 Å². The van der Waals surface area contributed by atoms with E-state index in [0.717, 1.165) is 32.9 Å². The fraction of sp³-hybridized carbons (Fsp3) is 0.276. The van der Waals surface area contributed by atoms with Gasteiger partial charge in [-0.05, 0) is 55.5 Å². The first-order chi connectivity index (χ1) is 17.2. The number of nitrogens with zero attached hydrogens (tertiary/aromatic N) is 1. The molecule has 3 amide bonds. The average molecular weight is 487 g/mol. The van der Waals surface area contributed by atoms with Crippen molar-refractivity contribution in [3.05, 3.63) is 101 Å². The summed E-state index contributed by atoms with van der Waals surface area (Å²) in [6.45, 7) is 3.60. The van der Waals surface area contributed by atoms with E-state index in [9.17, 15) is 19.5 Å². The van der Waals surface area contributed by atoms with Crippen LogP contribution in [0.5, 0.6) is 5.75 Å². The number of carboxylic acids is 1. The number of urea groups is 1. The Morgan fingerprint density at radius 3 is 2.19 bits per heavy atom. The molecule has 0 spiro atoms. The van der Waals surface area contributed by atoms with E-state index in [1.165, 1.54) is 0 Å². The summed E-state index contributed by atoms with van der Waals surface area (Å²) in [4.78, 5) is 39.6. The molecular weight excluding hydrogens is 456 g/mol. The van der Waals surface area contributed by atoms with Gasteiger partial charge in [-0.1, -0.05) is 72.3 Å². The number of methoxy groups -OCH3 is 1. The summed E-state index contributed by atoms with van der Waals surface area (Å²) < 4.78 is 5.17. The summed E-state index contributed by atoms with van der Waals surface area (Å²) in [6, 6.07) is 22.0. The number of ether oxygens (including phenoxy) is 1. The highest BCUT2D eigenvalue weighted by Crippen LogP contribution is 2.43. The number of aryl methyl sites for hydroxylation is 2. The third-order valence-electron chi connectivity index (χ3n) is 6.93. The molecule has 1 fully saturated rings. The predicted octanol–water partition coefficient (Wildman–Crippen LogP) is 4.74. The number of amides is 3. The van der Waals surface area contributed by atoms with Gasteiger partial charge < -0.3 is 15.2 Å². The molecule has 0 aliphatic carbocycles. The van der Waals surface area contributed by atoms with E-state index < -0.39 is 35.4 Å². The summed E-state index contributed by atoms with van der Waals surface area (Å²) in [7, 11) is 1.58. The van der Waals surface area contributed by atoms with Crippen LogP contribution in [0.2, 0.25) is 0 Å². The standard InChI is InChI=1S/C29H30N2O5/c1-19-9-13-22(14-10-19)24(21-7-5-4-6-8-21)30-28(35)31-25(26(32)33)29(2,27(31)34)18-17-20-11-15-23(36-3)16-12-20/h4-16,24-25H,17-18H2,1-3H3,(H,30,35)(H,32,33)/t24?,25-,29-/m1/s1. The second-order valence-corrected chi connectivity index (χ2v) is 9.39. The molecule has 3 aromatic rings. The number of hydrogen-bond donors (Lipinski definition) is 2. The third kappa shape index (κ3) is 4.82. The van der Waals surface area contributed by atoms with Gasteiger partial charge in [0.15, 0.2) is 6.04 Å². The molecule has 2 N–H and O–H groups in total. The van der Waals surface area contributed by atoms with Crippen LogP contribution in [0, 0.1) is 12.3 Å². The minimum atomic E-state index is -1.25. The van der Waals surface area contributed by atoms with E-state index in [1.54, 1.807) is 14.0 Å². The molecule has 1 unspecified atom stereocenters. The van der Waals surface area contributed by atoms with Crippen molar-refractivity contribution in [2.45, 2.75) is 38.8 Å². The van der Waals surface area contributed by atoms with Gasteiger partial charge in [-0.3, -0.25) is 4.79 Å². The molecule has 3 atom stereocenters. The first kappa shape index (κ1) is 25.0. The van der Waals surface area contributed by atoms with Gasteiger partial charge >= 0.3 is 12.0 Å². The first-order valence-corrected chi connectivity index (χ1v) is 11.9. The van der Waals surface area contributed by atoms with E-state index in [4.69, 9.17) is 4.74 Å². The molecule has 1 heterocycles. The molecule has 4 rings (SSSR count). The average Bonchev–Trinajstić information content (AvgIpc) is 2.89. The Morgan fingerprint density at radius 1 is 1.00 bits per heavy atom. The monoisotopic (exact) mass is 486 g/mol. The normalized spacial score (nSPS) is 19.8. The van der Waals surface area contributed by atoms with Crippen molar-refractivity contribution < 1.29 is 24.2 Å². The fourth-order valence-corrected chi connectivity index (χ4v) is 4.72. The van der Waals surface area contributed by atoms with Crippen molar-refractivity contribution in [3.8, 4) is 5.75 Å². The Labute approximate surface area is 210 Å². The number of benzene rings is 3. The number of likely N-dealkylation sites (tertiary alicyclic amines) is 1. The van der Waals surface area contributed by atoms with Crippen LogP contribution in [0.4, 0.5) is 4.79 Å². The van der Waals surface area contributed by atoms with Crippen molar-refractivity contribution in [3.63, 3.8) is 0 Å². The van der Waals surface area contributed by atoms with Gasteiger partial charge in [0.05, 0.1) is 18.6 Å². The molecule has 0 saturated carbocycles. The van der Waals surface area contributed by atoms with Gasteiger partial charge in [0.2, 0.25) is 5.91 Å². The second-order valence-electron chi connectivity index (χ2n) is 9.39. The highest BCUT2D eigenvalue weighted by atomic mass is 16.5. The molecule has 1 aliphatic rings. The van der Waals surface area contributed by atoms with E-state index in [2.05, 4.69) is 5.32 Å². The molecule has 7 nitrogen and oxygen atoms in total. The molecular formula is C29H30N2O5. The number of rotatable bonds is 8. The Kier molecular flexibility index (Phi) is 7.10. The van der Waals surface area contributed by atoms with Gasteiger partial charge in [0, 0.05) is 0 Å². The third-order valence-corrected chi connectivity index (χ3v) is 6.93. The second kappa shape index (κ2) is 10.2. The van der Waals surface area contributed by atoms with Gasteiger partial charge in [0.1, 0.15) is 5.75 Å². The smallest absolute Gasteiger partial charge is 0.328 e. The summed E-state index contributed by atoms with van der Waals surface area (Å²) >= 11 is 0. The largest absolute Gasteiger partial charge is 0.497 e. The van der Waals surface area contributed by atoms with Crippen molar-refractivity contribution in [2.75, 3.05) is 7.11 Å². The van der Waals surface area contributed by atoms with Gasteiger partial charge in [-0.15, -0.1) is 0 Å². The first-order valence-electron chi connectivity index (χ1n) is 11.9. The van der Waals surface area contributed by atoms with Crippen molar-refractivity contribution in [1.29, 1.82) is 0 Å². The number of carbonyl (C=O) groups excluding carboxylic acids is 2. The van der Waals surface area contributed by atoms with E-state index in [0.29, 0.717) is 12.8 Å². The zero-order valence-corrected chi connectivity index (χ0v) is 20.6. The van der Waals surface area contributed by atoms with E-state index in [-0.39, 0.29) is 0 Å². The number of carboxylic acid groups (broad SMARTS) is 1. The lowest BCUT2D eigenvalue weighted by atomic mass is 9.68. The molecule has 3 aromatic carbocycles. The number of hydrogen-bond acceptors (Lipinski definition) is 4. The van der Waals surface area contributed by atoms with Crippen molar-refractivity contribution in [1.82, 2.24) is 10.2 Å². The van der Waals surface area contributed by atoms with Crippen LogP contribution >= 0.6 is 0 Å². The zero-order valence-electron chi connectivity index (χ0n) is 20.6. The van der Waals surface area contributed by atoms with Gasteiger partial charge in [-0.2, -0.15) is 0 Å². The van der Waals surface area contributed by atoms with Gasteiger partial charge in [0.25, 0.3) is 0 Å². The van der Waals surface area contributed by atoms with Crippen LogP contribution in [-0.2, 0) is 16.0 Å². The Hall–Kier alpha value is -4.13. The molecule has 1 aliphatic heterocycles.